The van der Waals surface area contributed by atoms with Crippen molar-refractivity contribution in [2.75, 3.05) is 0 Å². The molecule has 0 aliphatic heterocycles. The van der Waals surface area contributed by atoms with Crippen LogP contribution in [0.1, 0.15) is 5.56 Å². The number of hydrogen-bond acceptors (Lipinski definition) is 2. The topological polar surface area (TPSA) is 40.5 Å². The molecule has 0 unspecified atom stereocenters. The molecule has 0 amide bonds. The molecule has 0 radical (unpaired) electrons. The van der Waals surface area contributed by atoms with Gasteiger partial charge in [-0.1, -0.05) is 0 Å². The Balaban J connectivity index is 2.90. The maximum Gasteiger partial charge on any atom is 0.456 e. The van der Waals surface area contributed by atoms with E-state index < -0.39 is 18.8 Å². The highest BCUT2D eigenvalue weighted by molar-refractivity contribution is 6.40. The zero-order valence-electron chi connectivity index (χ0n) is 6.17. The molecule has 0 spiro atoms. The molecule has 5 heteroatoms. The third-order valence-electron chi connectivity index (χ3n) is 1.41. The second kappa shape index (κ2) is 3.64. The monoisotopic (exact) mass is 172 g/mol. The molecule has 0 bridgehead atoms. The summed E-state index contributed by atoms with van der Waals surface area (Å²) in [7, 11) is -1.65. The van der Waals surface area contributed by atoms with E-state index in [4.69, 9.17) is 10.0 Å². The minimum atomic E-state index is -1.65. The van der Waals surface area contributed by atoms with Crippen LogP contribution in [0, 0.1) is 11.6 Å². The average Bonchev–Trinajstić information content (AvgIpc) is 1.96. The van der Waals surface area contributed by atoms with Gasteiger partial charge < -0.3 is 10.0 Å². The summed E-state index contributed by atoms with van der Waals surface area (Å²) in [6.45, 7) is 0. The molecule has 12 heavy (non-hydrogen) atoms. The predicted octanol–water partition coefficient (Wildman–Crippen LogP) is 0.519. The van der Waals surface area contributed by atoms with Crippen LogP contribution in [0.3, 0.4) is 0 Å². The number of hydrogen-bond donors (Lipinski definition) is 2. The van der Waals surface area contributed by atoms with Crippen LogP contribution in [0.4, 0.5) is 8.78 Å². The molecule has 0 aliphatic carbocycles. The van der Waals surface area contributed by atoms with Gasteiger partial charge in [0.1, 0.15) is 11.6 Å². The Morgan fingerprint density at radius 1 is 1.25 bits per heavy atom. The van der Waals surface area contributed by atoms with Crippen molar-refractivity contribution >= 4 is 7.12 Å². The van der Waals surface area contributed by atoms with Crippen molar-refractivity contribution in [1.82, 2.24) is 0 Å². The van der Waals surface area contributed by atoms with Crippen molar-refractivity contribution in [3.8, 4) is 0 Å². The highest BCUT2D eigenvalue weighted by Gasteiger charge is 2.12. The highest BCUT2D eigenvalue weighted by Crippen LogP contribution is 2.10. The van der Waals surface area contributed by atoms with Gasteiger partial charge >= 0.3 is 7.12 Å². The van der Waals surface area contributed by atoms with Crippen molar-refractivity contribution in [3.63, 3.8) is 0 Å². The van der Waals surface area contributed by atoms with Crippen molar-refractivity contribution < 1.29 is 18.8 Å². The van der Waals surface area contributed by atoms with E-state index in [1.54, 1.807) is 0 Å². The van der Waals surface area contributed by atoms with Crippen LogP contribution >= 0.6 is 0 Å². The molecular formula is C7H7BF2O2. The Labute approximate surface area is 68.6 Å². The van der Waals surface area contributed by atoms with Crippen LogP contribution in [0.25, 0.3) is 0 Å². The zero-order chi connectivity index (χ0) is 9.14. The first-order chi connectivity index (χ1) is 5.59. The lowest BCUT2D eigenvalue weighted by molar-refractivity contribution is 0.403. The molecule has 2 nitrogen and oxygen atoms in total. The summed E-state index contributed by atoms with van der Waals surface area (Å²) in [4.78, 5) is 0. The van der Waals surface area contributed by atoms with E-state index in [2.05, 4.69) is 0 Å². The SMILES string of the molecule is OB(O)Cc1cc(F)ccc1F. The summed E-state index contributed by atoms with van der Waals surface area (Å²) < 4.78 is 25.2. The van der Waals surface area contributed by atoms with Crippen LogP contribution in [0.15, 0.2) is 18.2 Å². The molecule has 0 fully saturated rings. The second-order valence-corrected chi connectivity index (χ2v) is 2.42. The van der Waals surface area contributed by atoms with Gasteiger partial charge in [-0.05, 0) is 23.8 Å². The maximum absolute atomic E-state index is 12.7. The molecule has 0 saturated heterocycles. The fourth-order valence-electron chi connectivity index (χ4n) is 0.896. The second-order valence-electron chi connectivity index (χ2n) is 2.42. The fourth-order valence-corrected chi connectivity index (χ4v) is 0.896. The number of benzene rings is 1. The molecule has 1 aromatic carbocycles. The van der Waals surface area contributed by atoms with Crippen molar-refractivity contribution in [1.29, 1.82) is 0 Å². The third kappa shape index (κ3) is 2.28. The van der Waals surface area contributed by atoms with E-state index in [-0.39, 0.29) is 11.9 Å². The van der Waals surface area contributed by atoms with Gasteiger partial charge in [0.2, 0.25) is 0 Å². The van der Waals surface area contributed by atoms with E-state index in [0.717, 1.165) is 18.2 Å². The molecule has 0 aliphatic rings. The quantitative estimate of drug-likeness (QED) is 0.638. The van der Waals surface area contributed by atoms with Gasteiger partial charge in [-0.15, -0.1) is 0 Å². The van der Waals surface area contributed by atoms with Gasteiger partial charge in [0.25, 0.3) is 0 Å². The van der Waals surface area contributed by atoms with E-state index >= 15 is 0 Å². The van der Waals surface area contributed by atoms with Crippen molar-refractivity contribution in [2.24, 2.45) is 0 Å². The van der Waals surface area contributed by atoms with Crippen LogP contribution in [0.5, 0.6) is 0 Å². The van der Waals surface area contributed by atoms with Gasteiger partial charge in [-0.2, -0.15) is 0 Å². The highest BCUT2D eigenvalue weighted by atomic mass is 19.1. The standard InChI is InChI=1S/C7H7BF2O2/c9-6-1-2-7(10)5(3-6)4-8(11)12/h1-3,11-12H,4H2. The molecule has 1 rings (SSSR count). The predicted molar refractivity (Wildman–Crippen MR) is 40.3 cm³/mol. The molecule has 0 aromatic heterocycles. The normalized spacial score (nSPS) is 10.0. The van der Waals surface area contributed by atoms with Crippen LogP contribution < -0.4 is 0 Å². The summed E-state index contributed by atoms with van der Waals surface area (Å²) in [6.07, 6.45) is -0.302. The lowest BCUT2D eigenvalue weighted by Crippen LogP contribution is -2.16. The Kier molecular flexibility index (Phi) is 2.78. The smallest absolute Gasteiger partial charge is 0.427 e. The number of rotatable bonds is 2. The molecule has 0 heterocycles. The summed E-state index contributed by atoms with van der Waals surface area (Å²) in [5, 5.41) is 17.0. The van der Waals surface area contributed by atoms with E-state index in [0.29, 0.717) is 0 Å². The van der Waals surface area contributed by atoms with Crippen LogP contribution in [0.2, 0.25) is 0 Å². The Morgan fingerprint density at radius 2 is 1.92 bits per heavy atom. The Hall–Kier alpha value is -0.935. The van der Waals surface area contributed by atoms with Gasteiger partial charge in [-0.3, -0.25) is 0 Å². The summed E-state index contributed by atoms with van der Waals surface area (Å²) in [6, 6.07) is 2.87. The largest absolute Gasteiger partial charge is 0.456 e. The maximum atomic E-state index is 12.7. The summed E-state index contributed by atoms with van der Waals surface area (Å²) in [5.74, 6) is -1.23. The molecule has 1 aromatic rings. The van der Waals surface area contributed by atoms with Crippen LogP contribution in [-0.2, 0) is 6.32 Å². The minimum Gasteiger partial charge on any atom is -0.427 e. The summed E-state index contributed by atoms with van der Waals surface area (Å²) in [5.41, 5.74) is -0.0370. The first kappa shape index (κ1) is 9.16. The fraction of sp³-hybridized carbons (Fsp3) is 0.143. The molecule has 0 atom stereocenters. The van der Waals surface area contributed by atoms with Gasteiger partial charge in [-0.25, -0.2) is 8.78 Å². The third-order valence-corrected chi connectivity index (χ3v) is 1.41. The first-order valence-electron chi connectivity index (χ1n) is 3.39. The Bertz CT molecular complexity index is 278. The van der Waals surface area contributed by atoms with Crippen molar-refractivity contribution in [2.45, 2.75) is 6.32 Å². The van der Waals surface area contributed by atoms with Crippen molar-refractivity contribution in [3.05, 3.63) is 35.4 Å². The minimum absolute atomic E-state index is 0.0370. The Morgan fingerprint density at radius 3 is 2.50 bits per heavy atom. The average molecular weight is 172 g/mol. The van der Waals surface area contributed by atoms with Crippen LogP contribution in [-0.4, -0.2) is 17.2 Å². The lowest BCUT2D eigenvalue weighted by Gasteiger charge is -2.01. The van der Waals surface area contributed by atoms with Gasteiger partial charge in [0.05, 0.1) is 0 Å². The zero-order valence-corrected chi connectivity index (χ0v) is 6.17. The van der Waals surface area contributed by atoms with E-state index in [1.807, 2.05) is 0 Å². The molecule has 0 saturated carbocycles. The van der Waals surface area contributed by atoms with Gasteiger partial charge in [0.15, 0.2) is 0 Å². The first-order valence-corrected chi connectivity index (χ1v) is 3.39. The summed E-state index contributed by atoms with van der Waals surface area (Å²) >= 11 is 0. The van der Waals surface area contributed by atoms with E-state index in [1.165, 1.54) is 0 Å². The lowest BCUT2D eigenvalue weighted by atomic mass is 9.82. The van der Waals surface area contributed by atoms with E-state index in [9.17, 15) is 8.78 Å². The number of halogens is 2. The van der Waals surface area contributed by atoms with Gasteiger partial charge in [0, 0.05) is 6.32 Å². The molecule has 64 valence electrons. The molecular weight excluding hydrogens is 165 g/mol. The molecule has 2 N–H and O–H groups in total.